The average Bonchev–Trinajstić information content (AvgIpc) is 2.94. The predicted molar refractivity (Wildman–Crippen MR) is 67.7 cm³/mol. The summed E-state index contributed by atoms with van der Waals surface area (Å²) < 4.78 is 2.01. The highest BCUT2D eigenvalue weighted by molar-refractivity contribution is 5.05. The number of aryl methyl sites for hydroxylation is 1. The number of nitrogens with zero attached hydrogens (tertiary/aromatic N) is 3. The minimum atomic E-state index is 0.741. The van der Waals surface area contributed by atoms with Gasteiger partial charge in [0.1, 0.15) is 0 Å². The Labute approximate surface area is 103 Å². The first-order valence-corrected chi connectivity index (χ1v) is 6.82. The van der Waals surface area contributed by atoms with E-state index in [1.165, 1.54) is 38.0 Å². The molecule has 0 bridgehead atoms. The van der Waals surface area contributed by atoms with Gasteiger partial charge in [0.05, 0.1) is 6.20 Å². The van der Waals surface area contributed by atoms with Crippen molar-refractivity contribution in [3.8, 4) is 0 Å². The van der Waals surface area contributed by atoms with Crippen LogP contribution in [0.15, 0.2) is 12.4 Å². The van der Waals surface area contributed by atoms with E-state index in [4.69, 9.17) is 0 Å². The Hall–Kier alpha value is -0.870. The van der Waals surface area contributed by atoms with Gasteiger partial charge in [-0.05, 0) is 32.2 Å². The third-order valence-corrected chi connectivity index (χ3v) is 4.09. The van der Waals surface area contributed by atoms with Gasteiger partial charge < -0.3 is 5.32 Å². The smallest absolute Gasteiger partial charge is 0.0534 e. The van der Waals surface area contributed by atoms with E-state index in [0.717, 1.165) is 25.0 Å². The molecule has 4 nitrogen and oxygen atoms in total. The summed E-state index contributed by atoms with van der Waals surface area (Å²) in [5, 5.41) is 7.99. The number of fused-ring (bicyclic) bond motifs is 1. The van der Waals surface area contributed by atoms with Gasteiger partial charge in [-0.25, -0.2) is 0 Å². The maximum absolute atomic E-state index is 4.34. The van der Waals surface area contributed by atoms with Crippen molar-refractivity contribution in [2.45, 2.75) is 38.9 Å². The van der Waals surface area contributed by atoms with Crippen molar-refractivity contribution in [1.82, 2.24) is 20.0 Å². The number of nitrogens with one attached hydrogen (secondary N) is 1. The first-order chi connectivity index (χ1) is 8.35. The highest BCUT2D eigenvalue weighted by atomic mass is 15.3. The van der Waals surface area contributed by atoms with Crippen LogP contribution in [0.5, 0.6) is 0 Å². The molecule has 3 heterocycles. The third kappa shape index (κ3) is 2.38. The first kappa shape index (κ1) is 11.2. The van der Waals surface area contributed by atoms with Crippen LogP contribution in [0.3, 0.4) is 0 Å². The summed E-state index contributed by atoms with van der Waals surface area (Å²) in [6.45, 7) is 7.84. The van der Waals surface area contributed by atoms with Crippen LogP contribution < -0.4 is 5.32 Å². The van der Waals surface area contributed by atoms with Crippen LogP contribution in [0.4, 0.5) is 0 Å². The zero-order valence-corrected chi connectivity index (χ0v) is 10.6. The topological polar surface area (TPSA) is 33.1 Å². The van der Waals surface area contributed by atoms with Gasteiger partial charge in [0, 0.05) is 44.0 Å². The van der Waals surface area contributed by atoms with Gasteiger partial charge in [-0.1, -0.05) is 0 Å². The lowest BCUT2D eigenvalue weighted by atomic mass is 9.94. The van der Waals surface area contributed by atoms with Gasteiger partial charge in [0.25, 0.3) is 0 Å². The molecule has 1 aromatic rings. The van der Waals surface area contributed by atoms with Crippen molar-refractivity contribution in [2.24, 2.45) is 5.92 Å². The average molecular weight is 234 g/mol. The Morgan fingerprint density at radius 3 is 3.18 bits per heavy atom. The number of rotatable bonds is 3. The zero-order valence-electron chi connectivity index (χ0n) is 10.6. The van der Waals surface area contributed by atoms with E-state index in [-0.39, 0.29) is 0 Å². The fraction of sp³-hybridized carbons (Fsp3) is 0.769. The Kier molecular flexibility index (Phi) is 3.16. The molecule has 0 aliphatic carbocycles. The summed E-state index contributed by atoms with van der Waals surface area (Å²) in [7, 11) is 0. The third-order valence-electron chi connectivity index (χ3n) is 4.09. The van der Waals surface area contributed by atoms with Gasteiger partial charge in [-0.3, -0.25) is 9.58 Å². The van der Waals surface area contributed by atoms with Crippen LogP contribution in [0.1, 0.15) is 25.3 Å². The molecule has 2 aliphatic rings. The van der Waals surface area contributed by atoms with E-state index < -0.39 is 0 Å². The summed E-state index contributed by atoms with van der Waals surface area (Å²) in [6.07, 6.45) is 6.94. The number of piperidine rings is 1. The van der Waals surface area contributed by atoms with E-state index in [1.54, 1.807) is 0 Å². The summed E-state index contributed by atoms with van der Waals surface area (Å²) in [5.41, 5.74) is 1.35. The second kappa shape index (κ2) is 4.78. The fourth-order valence-electron chi connectivity index (χ4n) is 3.18. The highest BCUT2D eigenvalue weighted by Gasteiger charge is 2.33. The number of hydrogen-bond donors (Lipinski definition) is 1. The van der Waals surface area contributed by atoms with Crippen molar-refractivity contribution >= 4 is 0 Å². The molecule has 1 aromatic heterocycles. The lowest BCUT2D eigenvalue weighted by Gasteiger charge is -2.24. The fourth-order valence-corrected chi connectivity index (χ4v) is 3.18. The molecular formula is C13H22N4. The molecule has 0 unspecified atom stereocenters. The lowest BCUT2D eigenvalue weighted by molar-refractivity contribution is 0.312. The molecule has 1 N–H and O–H groups in total. The molecule has 2 atom stereocenters. The monoisotopic (exact) mass is 234 g/mol. The number of hydrogen-bond acceptors (Lipinski definition) is 3. The molecule has 4 heteroatoms. The van der Waals surface area contributed by atoms with Crippen LogP contribution in [0.25, 0.3) is 0 Å². The molecule has 94 valence electrons. The Bertz CT molecular complexity index is 359. The Balaban J connectivity index is 1.59. The van der Waals surface area contributed by atoms with Crippen molar-refractivity contribution in [1.29, 1.82) is 0 Å². The van der Waals surface area contributed by atoms with Gasteiger partial charge in [0.2, 0.25) is 0 Å². The van der Waals surface area contributed by atoms with Crippen LogP contribution in [-0.2, 0) is 13.1 Å². The van der Waals surface area contributed by atoms with Crippen LogP contribution in [0.2, 0.25) is 0 Å². The van der Waals surface area contributed by atoms with Crippen LogP contribution in [0, 0.1) is 5.92 Å². The van der Waals surface area contributed by atoms with E-state index >= 15 is 0 Å². The number of likely N-dealkylation sites (tertiary alicyclic amines) is 1. The Morgan fingerprint density at radius 1 is 1.47 bits per heavy atom. The molecule has 0 spiro atoms. The van der Waals surface area contributed by atoms with Crippen molar-refractivity contribution in [3.63, 3.8) is 0 Å². The molecule has 2 fully saturated rings. The molecule has 0 amide bonds. The van der Waals surface area contributed by atoms with Gasteiger partial charge in [0.15, 0.2) is 0 Å². The predicted octanol–water partition coefficient (Wildman–Crippen LogP) is 1.09. The molecule has 17 heavy (non-hydrogen) atoms. The summed E-state index contributed by atoms with van der Waals surface area (Å²) in [6, 6.07) is 0.741. The van der Waals surface area contributed by atoms with Crippen molar-refractivity contribution in [2.75, 3.05) is 19.6 Å². The largest absolute Gasteiger partial charge is 0.312 e. The molecule has 2 aliphatic heterocycles. The van der Waals surface area contributed by atoms with Crippen LogP contribution >= 0.6 is 0 Å². The molecule has 0 saturated carbocycles. The van der Waals surface area contributed by atoms with Gasteiger partial charge in [-0.15, -0.1) is 0 Å². The van der Waals surface area contributed by atoms with Gasteiger partial charge in [-0.2, -0.15) is 5.10 Å². The minimum absolute atomic E-state index is 0.741. The SMILES string of the molecule is CCn1cc(CN2C[C@@H]3CCCN[C@@H]3C2)cn1. The van der Waals surface area contributed by atoms with E-state index in [1.807, 2.05) is 10.9 Å². The maximum Gasteiger partial charge on any atom is 0.0534 e. The van der Waals surface area contributed by atoms with Crippen molar-refractivity contribution in [3.05, 3.63) is 18.0 Å². The summed E-state index contributed by atoms with van der Waals surface area (Å²) >= 11 is 0. The molecule has 0 aromatic carbocycles. The molecule has 0 radical (unpaired) electrons. The van der Waals surface area contributed by atoms with Crippen LogP contribution in [-0.4, -0.2) is 40.4 Å². The van der Waals surface area contributed by atoms with Crippen molar-refractivity contribution < 1.29 is 0 Å². The first-order valence-electron chi connectivity index (χ1n) is 6.82. The standard InChI is InChI=1S/C13H22N4/c1-2-17-8-11(6-15-17)7-16-9-12-4-3-5-14-13(12)10-16/h6,8,12-14H,2-5,7,9-10H2,1H3/t12-,13+/m0/s1. The summed E-state index contributed by atoms with van der Waals surface area (Å²) in [5.74, 6) is 0.880. The van der Waals surface area contributed by atoms with Gasteiger partial charge >= 0.3 is 0 Å². The normalized spacial score (nSPS) is 29.5. The second-order valence-corrected chi connectivity index (χ2v) is 5.36. The Morgan fingerprint density at radius 2 is 2.41 bits per heavy atom. The molecule has 3 rings (SSSR count). The van der Waals surface area contributed by atoms with E-state index in [9.17, 15) is 0 Å². The summed E-state index contributed by atoms with van der Waals surface area (Å²) in [4.78, 5) is 2.57. The highest BCUT2D eigenvalue weighted by Crippen LogP contribution is 2.25. The quantitative estimate of drug-likeness (QED) is 0.850. The second-order valence-electron chi connectivity index (χ2n) is 5.36. The minimum Gasteiger partial charge on any atom is -0.312 e. The van der Waals surface area contributed by atoms with E-state index in [2.05, 4.69) is 28.4 Å². The number of aromatic nitrogens is 2. The molecule has 2 saturated heterocycles. The maximum atomic E-state index is 4.34. The lowest BCUT2D eigenvalue weighted by Crippen LogP contribution is -2.40. The zero-order chi connectivity index (χ0) is 11.7. The molecular weight excluding hydrogens is 212 g/mol. The van der Waals surface area contributed by atoms with E-state index in [0.29, 0.717) is 0 Å².